The highest BCUT2D eigenvalue weighted by molar-refractivity contribution is 8.76. The van der Waals surface area contributed by atoms with Gasteiger partial charge in [-0.25, -0.2) is 14.7 Å². The topological polar surface area (TPSA) is 347 Å². The molecule has 2 aromatic carbocycles. The molecule has 4 heterocycles. The summed E-state index contributed by atoms with van der Waals surface area (Å²) in [5.74, 6) is -6.50. The number of nitrogens with zero attached hydrogens (tertiary/aromatic N) is 2. The lowest BCUT2D eigenvalue weighted by Crippen LogP contribution is -2.60. The lowest BCUT2D eigenvalue weighted by molar-refractivity contribution is -0.137. The Morgan fingerprint density at radius 3 is 2.00 bits per heavy atom. The number of guanidine groups is 1. The van der Waals surface area contributed by atoms with Gasteiger partial charge in [-0.15, -0.1) is 0 Å². The van der Waals surface area contributed by atoms with Gasteiger partial charge in [-0.05, 0) is 50.8 Å². The largest absolute Gasteiger partial charge is 0.370 e. The fraction of sp³-hybridized carbons (Fsp3) is 0.413. The number of hydrogen-bond donors (Lipinski definition) is 12. The highest BCUT2D eigenvalue weighted by atomic mass is 33.1. The predicted octanol–water partition coefficient (Wildman–Crippen LogP) is -0.596. The van der Waals surface area contributed by atoms with Gasteiger partial charge in [0.1, 0.15) is 42.3 Å². The Kier molecular flexibility index (Phi) is 18.6. The minimum atomic E-state index is -1.45. The Bertz CT molecular complexity index is 2600. The first-order chi connectivity index (χ1) is 34.0. The first-order valence-corrected chi connectivity index (χ1v) is 25.3. The maximum atomic E-state index is 14.6. The lowest BCUT2D eigenvalue weighted by Gasteiger charge is -2.28. The zero-order valence-electron chi connectivity index (χ0n) is 39.2. The molecular weight excluding hydrogens is 957 g/mol. The number of nitrogens with one attached hydrogen (secondary N) is 11. The predicted molar refractivity (Wildman–Crippen MR) is 265 cm³/mol. The molecule has 378 valence electrons. The Hall–Kier alpha value is -7.41. The van der Waals surface area contributed by atoms with Gasteiger partial charge in [0, 0.05) is 66.3 Å². The SMILES string of the molecule is CC(=O)[C@@H]1CSSC[C@H](N2C(=O)N[C@@H](C)C2=O)C(=O)N[C@H](C)C(=O)N[C@@H](Cc2cnc[nH]2)C(=O)N[C@H](Cc2ccccc2)C(=O)N[C@@H](CCCNC(=N)N)C(=O)N[C@@H](Cc2c[nH]c3ccccc23)C(=O)N1. The van der Waals surface area contributed by atoms with E-state index in [1.54, 1.807) is 36.5 Å². The molecule has 0 aliphatic carbocycles. The van der Waals surface area contributed by atoms with E-state index in [1.165, 1.54) is 33.3 Å². The van der Waals surface area contributed by atoms with E-state index >= 15 is 0 Å². The van der Waals surface area contributed by atoms with Crippen LogP contribution in [0.2, 0.25) is 0 Å². The van der Waals surface area contributed by atoms with Crippen molar-refractivity contribution in [3.8, 4) is 0 Å². The van der Waals surface area contributed by atoms with Crippen LogP contribution in [0.25, 0.3) is 10.9 Å². The van der Waals surface area contributed by atoms with E-state index in [1.807, 2.05) is 24.3 Å². The number of para-hydroxylation sites is 1. The first-order valence-electron chi connectivity index (χ1n) is 22.8. The molecule has 71 heavy (non-hydrogen) atoms. The quantitative estimate of drug-likeness (QED) is 0.0278. The van der Waals surface area contributed by atoms with Crippen LogP contribution < -0.4 is 48.3 Å². The molecule has 9 amide bonds. The molecule has 0 saturated carbocycles. The Balaban J connectivity index is 1.38. The fourth-order valence-corrected chi connectivity index (χ4v) is 10.3. The van der Waals surface area contributed by atoms with E-state index in [9.17, 15) is 43.2 Å². The molecule has 13 N–H and O–H groups in total. The molecule has 2 saturated heterocycles. The monoisotopic (exact) mass is 1010 g/mol. The maximum Gasteiger partial charge on any atom is 0.325 e. The second-order valence-electron chi connectivity index (χ2n) is 17.1. The third-order valence-corrected chi connectivity index (χ3v) is 14.2. The molecule has 0 unspecified atom stereocenters. The summed E-state index contributed by atoms with van der Waals surface area (Å²) >= 11 is 0. The van der Waals surface area contributed by atoms with Gasteiger partial charge >= 0.3 is 6.03 Å². The number of carbonyl (C=O) groups excluding carboxylic acids is 9. The van der Waals surface area contributed by atoms with Gasteiger partial charge in [0.2, 0.25) is 35.4 Å². The molecule has 23 nitrogen and oxygen atoms in total. The van der Waals surface area contributed by atoms with Crippen molar-refractivity contribution in [3.63, 3.8) is 0 Å². The average molecular weight is 1020 g/mol. The summed E-state index contributed by atoms with van der Waals surface area (Å²) in [5.41, 5.74) is 8.00. The van der Waals surface area contributed by atoms with Crippen LogP contribution in [0.3, 0.4) is 0 Å². The third kappa shape index (κ3) is 14.6. The van der Waals surface area contributed by atoms with E-state index in [2.05, 4.69) is 57.5 Å². The van der Waals surface area contributed by atoms with Crippen LogP contribution in [0.4, 0.5) is 4.79 Å². The second-order valence-corrected chi connectivity index (χ2v) is 19.7. The van der Waals surface area contributed by atoms with Gasteiger partial charge < -0.3 is 58.2 Å². The number of aromatic amines is 2. The standard InChI is InChI=1S/C46H58N14O9S2/c1-24-38(62)56-35(18-29-20-49-23-52-29)42(66)57-33(16-27-10-5-4-6-11-27)40(64)55-32(14-9-15-50-45(47)48)39(63)58-34(17-28-19-51-31-13-8-7-12-30(28)31)41(65)59-36(26(3)61)21-70-71-22-37(43(67)53-24)60-44(68)25(2)54-46(60)69/h4-8,10-13,19-20,23-25,32-37,51H,9,14-18,21-22H2,1-3H3,(H,49,52)(H,53,67)(H,54,69)(H,55,64)(H,56,62)(H,57,66)(H,58,63)(H,59,65)(H4,47,48,50)/t24-,25+,32+,33-,34+,35+,36+,37+/m1/s1. The van der Waals surface area contributed by atoms with E-state index in [-0.39, 0.29) is 56.1 Å². The van der Waals surface area contributed by atoms with E-state index < -0.39 is 101 Å². The number of ketones is 1. The first kappa shape index (κ1) is 53.0. The number of fused-ring (bicyclic) bond motifs is 1. The van der Waals surface area contributed by atoms with Crippen molar-refractivity contribution < 1.29 is 43.2 Å². The number of imidazole rings is 1. The van der Waals surface area contributed by atoms with Crippen LogP contribution in [0, 0.1) is 5.41 Å². The molecule has 2 fully saturated rings. The summed E-state index contributed by atoms with van der Waals surface area (Å²) in [5, 5.41) is 29.9. The number of benzene rings is 2. The van der Waals surface area contributed by atoms with E-state index in [0.717, 1.165) is 37.4 Å². The second kappa shape index (κ2) is 24.9. The van der Waals surface area contributed by atoms with E-state index in [0.29, 0.717) is 16.8 Å². The molecule has 2 aliphatic heterocycles. The van der Waals surface area contributed by atoms with Crippen LogP contribution in [0.1, 0.15) is 50.4 Å². The summed E-state index contributed by atoms with van der Waals surface area (Å²) in [6.45, 7) is 4.22. The number of Topliss-reactive ketones (excluding diaryl/α,β-unsaturated/α-hetero) is 1. The smallest absolute Gasteiger partial charge is 0.325 e. The van der Waals surface area contributed by atoms with Gasteiger partial charge in [0.05, 0.1) is 12.4 Å². The van der Waals surface area contributed by atoms with Crippen molar-refractivity contribution in [1.29, 1.82) is 5.41 Å². The minimum absolute atomic E-state index is 0.0259. The maximum absolute atomic E-state index is 14.6. The lowest BCUT2D eigenvalue weighted by atomic mass is 10.0. The van der Waals surface area contributed by atoms with Crippen molar-refractivity contribution in [3.05, 3.63) is 90.1 Å². The number of rotatable bonds is 12. The highest BCUT2D eigenvalue weighted by Gasteiger charge is 2.44. The highest BCUT2D eigenvalue weighted by Crippen LogP contribution is 2.27. The number of aromatic nitrogens is 3. The van der Waals surface area contributed by atoms with Crippen molar-refractivity contribution >= 4 is 91.6 Å². The number of hydrogen-bond acceptors (Lipinski definition) is 13. The molecule has 0 bridgehead atoms. The number of urea groups is 1. The van der Waals surface area contributed by atoms with Crippen molar-refractivity contribution in [2.24, 2.45) is 5.73 Å². The van der Waals surface area contributed by atoms with Crippen LogP contribution in [-0.2, 0) is 57.6 Å². The average Bonchev–Trinajstić information content (AvgIpc) is 4.07. The summed E-state index contributed by atoms with van der Waals surface area (Å²) in [7, 11) is 2.11. The molecule has 25 heteroatoms. The normalized spacial score (nSPS) is 24.7. The number of imide groups is 1. The van der Waals surface area contributed by atoms with Crippen LogP contribution in [0.15, 0.2) is 73.3 Å². The number of nitrogens with two attached hydrogens (primary N) is 1. The summed E-state index contributed by atoms with van der Waals surface area (Å²) in [4.78, 5) is 136. The molecular formula is C46H58N14O9S2. The van der Waals surface area contributed by atoms with Gasteiger partial charge in [-0.3, -0.25) is 43.8 Å². The van der Waals surface area contributed by atoms with Crippen molar-refractivity contribution in [2.45, 2.75) is 101 Å². The van der Waals surface area contributed by atoms with Gasteiger partial charge in [0.15, 0.2) is 11.7 Å². The van der Waals surface area contributed by atoms with Crippen molar-refractivity contribution in [2.75, 3.05) is 18.1 Å². The number of H-pyrrole nitrogens is 2. The van der Waals surface area contributed by atoms with Crippen LogP contribution >= 0.6 is 21.6 Å². The molecule has 8 atom stereocenters. The summed E-state index contributed by atoms with van der Waals surface area (Å²) in [6.07, 6.45) is 4.42. The molecule has 2 aliphatic rings. The van der Waals surface area contributed by atoms with Crippen molar-refractivity contribution in [1.82, 2.24) is 62.4 Å². The van der Waals surface area contributed by atoms with Crippen LogP contribution in [-0.4, -0.2) is 145 Å². The fourth-order valence-electron chi connectivity index (χ4n) is 7.85. The Labute approximate surface area is 416 Å². The summed E-state index contributed by atoms with van der Waals surface area (Å²) in [6, 6.07) is 5.00. The van der Waals surface area contributed by atoms with Crippen LogP contribution in [0.5, 0.6) is 0 Å². The molecule has 0 spiro atoms. The molecule has 4 aromatic rings. The van der Waals surface area contributed by atoms with Gasteiger partial charge in [-0.1, -0.05) is 70.1 Å². The van der Waals surface area contributed by atoms with Gasteiger partial charge in [0.25, 0.3) is 5.91 Å². The zero-order valence-corrected chi connectivity index (χ0v) is 40.8. The van der Waals surface area contributed by atoms with Gasteiger partial charge in [-0.2, -0.15) is 0 Å². The third-order valence-electron chi connectivity index (χ3n) is 11.8. The minimum Gasteiger partial charge on any atom is -0.370 e. The number of carbonyl (C=O) groups is 9. The molecule has 6 rings (SSSR count). The molecule has 0 radical (unpaired) electrons. The zero-order chi connectivity index (χ0) is 51.2. The summed E-state index contributed by atoms with van der Waals surface area (Å²) < 4.78 is 0. The Morgan fingerprint density at radius 2 is 1.34 bits per heavy atom. The molecule has 2 aromatic heterocycles. The van der Waals surface area contributed by atoms with E-state index in [4.69, 9.17) is 11.1 Å². The number of amides is 9. The Morgan fingerprint density at radius 1 is 0.718 bits per heavy atom.